The van der Waals surface area contributed by atoms with E-state index in [1.165, 1.54) is 29.0 Å². The first-order valence-electron chi connectivity index (χ1n) is 14.8. The van der Waals surface area contributed by atoms with Crippen molar-refractivity contribution >= 4 is 23.4 Å². The molecule has 2 aliphatic rings. The van der Waals surface area contributed by atoms with E-state index in [-0.39, 0.29) is 53.3 Å². The van der Waals surface area contributed by atoms with Crippen LogP contribution in [0.2, 0.25) is 0 Å². The second kappa shape index (κ2) is 12.3. The van der Waals surface area contributed by atoms with E-state index in [4.69, 9.17) is 4.74 Å². The normalized spacial score (nSPS) is 17.0. The molecular weight excluding hydrogens is 575 g/mol. The highest BCUT2D eigenvalue weighted by atomic mass is 19.4. The Labute approximate surface area is 254 Å². The van der Waals surface area contributed by atoms with E-state index in [1.807, 2.05) is 6.92 Å². The van der Waals surface area contributed by atoms with Crippen molar-refractivity contribution in [1.82, 2.24) is 19.6 Å². The van der Waals surface area contributed by atoms with Gasteiger partial charge in [0, 0.05) is 50.0 Å². The summed E-state index contributed by atoms with van der Waals surface area (Å²) < 4.78 is 49.3. The predicted molar refractivity (Wildman–Crippen MR) is 159 cm³/mol. The van der Waals surface area contributed by atoms with E-state index < -0.39 is 17.8 Å². The number of rotatable bonds is 7. The number of amides is 3. The molecule has 0 saturated carbocycles. The summed E-state index contributed by atoms with van der Waals surface area (Å²) in [7, 11) is 4.69. The van der Waals surface area contributed by atoms with Gasteiger partial charge in [-0.05, 0) is 74.6 Å². The van der Waals surface area contributed by atoms with Gasteiger partial charge in [0.1, 0.15) is 11.4 Å². The Bertz CT molecular complexity index is 1560. The smallest absolute Gasteiger partial charge is 0.435 e. The lowest BCUT2D eigenvalue weighted by atomic mass is 9.96. The fraction of sp³-hybridized carbons (Fsp3) is 0.438. The first-order valence-corrected chi connectivity index (χ1v) is 14.8. The molecule has 0 aliphatic carbocycles. The van der Waals surface area contributed by atoms with Crippen LogP contribution in [0.3, 0.4) is 0 Å². The van der Waals surface area contributed by atoms with E-state index >= 15 is 0 Å². The van der Waals surface area contributed by atoms with Gasteiger partial charge in [-0.1, -0.05) is 13.3 Å². The third-order valence-electron chi connectivity index (χ3n) is 8.29. The Morgan fingerprint density at radius 3 is 2.43 bits per heavy atom. The highest BCUT2D eigenvalue weighted by Crippen LogP contribution is 2.38. The van der Waals surface area contributed by atoms with Gasteiger partial charge >= 0.3 is 6.18 Å². The summed E-state index contributed by atoms with van der Waals surface area (Å²) in [6, 6.07) is 10.9. The maximum absolute atomic E-state index is 14.3. The summed E-state index contributed by atoms with van der Waals surface area (Å²) in [6.45, 7) is 2.57. The molecule has 234 valence electrons. The van der Waals surface area contributed by atoms with Crippen LogP contribution in [-0.4, -0.2) is 77.6 Å². The number of hydrogen-bond acceptors (Lipinski definition) is 5. The van der Waals surface area contributed by atoms with E-state index in [9.17, 15) is 27.6 Å². The minimum atomic E-state index is -4.82. The van der Waals surface area contributed by atoms with Crippen molar-refractivity contribution in [1.29, 1.82) is 0 Å². The summed E-state index contributed by atoms with van der Waals surface area (Å²) in [5.74, 6) is -0.880. The number of halogens is 3. The van der Waals surface area contributed by atoms with Gasteiger partial charge in [0.05, 0.1) is 18.4 Å². The summed E-state index contributed by atoms with van der Waals surface area (Å²) in [5.41, 5.74) is -0.584. The lowest BCUT2D eigenvalue weighted by Gasteiger charge is -2.36. The van der Waals surface area contributed by atoms with Gasteiger partial charge in [0.2, 0.25) is 0 Å². The molecule has 1 saturated heterocycles. The van der Waals surface area contributed by atoms with Crippen molar-refractivity contribution < 1.29 is 32.3 Å². The van der Waals surface area contributed by atoms with Crippen LogP contribution in [0.15, 0.2) is 42.5 Å². The lowest BCUT2D eigenvalue weighted by molar-refractivity contribution is -0.141. The molecular formula is C32H36F3N5O4. The van der Waals surface area contributed by atoms with Crippen molar-refractivity contribution in [3.63, 3.8) is 0 Å². The quantitative estimate of drug-likeness (QED) is 0.347. The molecule has 1 aromatic heterocycles. The minimum absolute atomic E-state index is 0.0112. The second-order valence-electron chi connectivity index (χ2n) is 11.4. The van der Waals surface area contributed by atoms with Crippen molar-refractivity contribution in [2.75, 3.05) is 39.2 Å². The molecule has 12 heteroatoms. The molecule has 0 bridgehead atoms. The van der Waals surface area contributed by atoms with Gasteiger partial charge in [-0.2, -0.15) is 18.3 Å². The second-order valence-corrected chi connectivity index (χ2v) is 11.4. The number of likely N-dealkylation sites (tertiary alicyclic amines) is 1. The molecule has 1 atom stereocenters. The van der Waals surface area contributed by atoms with E-state index in [1.54, 1.807) is 49.3 Å². The van der Waals surface area contributed by atoms with Crippen molar-refractivity contribution in [2.45, 2.75) is 57.7 Å². The Balaban J connectivity index is 1.62. The molecule has 2 aromatic carbocycles. The first-order chi connectivity index (χ1) is 21.0. The number of carbonyl (C=O) groups is 3. The van der Waals surface area contributed by atoms with E-state index in [0.717, 1.165) is 36.8 Å². The standard InChI is InChI=1S/C32H36F3N5O4/c1-5-8-21-9-6-7-17-38(21)30(42)25-19-23(44-4)14-15-26(25)40-27-24(28(36-40)32(33,34)35)16-18-39(31(27)43)22-12-10-20(11-13-22)29(41)37(2)3/h10-15,19,21H,5-9,16-18H2,1-4H3. The zero-order valence-electron chi connectivity index (χ0n) is 25.3. The van der Waals surface area contributed by atoms with Gasteiger partial charge in [-0.25, -0.2) is 4.68 Å². The van der Waals surface area contributed by atoms with Crippen LogP contribution in [0.1, 0.15) is 81.5 Å². The zero-order valence-corrected chi connectivity index (χ0v) is 25.3. The first kappa shape index (κ1) is 31.1. The number of fused-ring (bicyclic) bond motifs is 1. The Morgan fingerprint density at radius 1 is 1.07 bits per heavy atom. The number of alkyl halides is 3. The minimum Gasteiger partial charge on any atom is -0.497 e. The molecule has 1 unspecified atom stereocenters. The Morgan fingerprint density at radius 2 is 1.80 bits per heavy atom. The molecule has 3 amide bonds. The van der Waals surface area contributed by atoms with Crippen LogP contribution in [0.4, 0.5) is 18.9 Å². The van der Waals surface area contributed by atoms with Crippen LogP contribution in [0.25, 0.3) is 5.69 Å². The topological polar surface area (TPSA) is 88.0 Å². The van der Waals surface area contributed by atoms with Gasteiger partial charge in [0.25, 0.3) is 17.7 Å². The fourth-order valence-corrected chi connectivity index (χ4v) is 6.10. The fourth-order valence-electron chi connectivity index (χ4n) is 6.10. The lowest BCUT2D eigenvalue weighted by Crippen LogP contribution is -2.44. The van der Waals surface area contributed by atoms with Crippen LogP contribution >= 0.6 is 0 Å². The van der Waals surface area contributed by atoms with Crippen molar-refractivity contribution in [3.05, 3.63) is 70.5 Å². The Kier molecular flexibility index (Phi) is 8.71. The number of aromatic nitrogens is 2. The third-order valence-corrected chi connectivity index (χ3v) is 8.29. The number of benzene rings is 2. The molecule has 0 N–H and O–H groups in total. The van der Waals surface area contributed by atoms with Crippen LogP contribution in [0, 0.1) is 0 Å². The molecule has 44 heavy (non-hydrogen) atoms. The summed E-state index contributed by atoms with van der Waals surface area (Å²) in [4.78, 5) is 45.1. The SMILES string of the molecule is CCCC1CCCCN1C(=O)c1cc(OC)ccc1-n1nc(C(F)(F)F)c2c1C(=O)N(c1ccc(C(=O)N(C)C)cc1)CC2. The molecule has 3 aromatic rings. The van der Waals surface area contributed by atoms with Crippen LogP contribution in [0.5, 0.6) is 5.75 Å². The van der Waals surface area contributed by atoms with Crippen LogP contribution < -0.4 is 9.64 Å². The van der Waals surface area contributed by atoms with E-state index in [0.29, 0.717) is 23.5 Å². The van der Waals surface area contributed by atoms with Crippen molar-refractivity contribution in [3.8, 4) is 11.4 Å². The molecule has 0 radical (unpaired) electrons. The number of hydrogen-bond donors (Lipinski definition) is 0. The van der Waals surface area contributed by atoms with Gasteiger partial charge in [0.15, 0.2) is 5.69 Å². The predicted octanol–water partition coefficient (Wildman–Crippen LogP) is 5.60. The van der Waals surface area contributed by atoms with Gasteiger partial charge < -0.3 is 19.4 Å². The monoisotopic (exact) mass is 611 g/mol. The maximum atomic E-state index is 14.3. The summed E-state index contributed by atoms with van der Waals surface area (Å²) >= 11 is 0. The maximum Gasteiger partial charge on any atom is 0.435 e. The summed E-state index contributed by atoms with van der Waals surface area (Å²) in [5, 5.41) is 3.95. The van der Waals surface area contributed by atoms with E-state index in [2.05, 4.69) is 5.10 Å². The highest BCUT2D eigenvalue weighted by molar-refractivity contribution is 6.08. The number of piperidine rings is 1. The highest BCUT2D eigenvalue weighted by Gasteiger charge is 2.44. The van der Waals surface area contributed by atoms with Crippen molar-refractivity contribution in [2.24, 2.45) is 0 Å². The number of anilines is 1. The number of ether oxygens (including phenoxy) is 1. The Hall–Kier alpha value is -4.35. The summed E-state index contributed by atoms with van der Waals surface area (Å²) in [6.07, 6.45) is -0.550. The zero-order chi connectivity index (χ0) is 31.8. The molecule has 9 nitrogen and oxygen atoms in total. The number of methoxy groups -OCH3 is 1. The largest absolute Gasteiger partial charge is 0.497 e. The molecule has 5 rings (SSSR count). The number of nitrogens with zero attached hydrogens (tertiary/aromatic N) is 5. The number of carbonyl (C=O) groups excluding carboxylic acids is 3. The third kappa shape index (κ3) is 5.77. The average Bonchev–Trinajstić information content (AvgIpc) is 3.42. The molecule has 2 aliphatic heterocycles. The van der Waals surface area contributed by atoms with Gasteiger partial charge in [-0.3, -0.25) is 14.4 Å². The van der Waals surface area contributed by atoms with Crippen LogP contribution in [-0.2, 0) is 12.6 Å². The van der Waals surface area contributed by atoms with Gasteiger partial charge in [-0.15, -0.1) is 0 Å². The molecule has 0 spiro atoms. The molecule has 1 fully saturated rings. The molecule has 3 heterocycles. The average molecular weight is 612 g/mol.